The number of nitrogens with two attached hydrogens (primary N) is 1. The quantitative estimate of drug-likeness (QED) is 0.338. The molecule has 0 aliphatic heterocycles. The summed E-state index contributed by atoms with van der Waals surface area (Å²) in [5, 5.41) is 18.7. The van der Waals surface area contributed by atoms with Crippen molar-refractivity contribution in [3.05, 3.63) is 61.0 Å². The first-order valence-electron chi connectivity index (χ1n) is 5.65. The summed E-state index contributed by atoms with van der Waals surface area (Å²) in [6.07, 6.45) is 0. The van der Waals surface area contributed by atoms with E-state index >= 15 is 0 Å². The average Bonchev–Trinajstić information content (AvgIpc) is 2.40. The lowest BCUT2D eigenvalue weighted by molar-refractivity contribution is -0.385. The van der Waals surface area contributed by atoms with Crippen LogP contribution in [-0.2, 0) is 0 Å². The van der Waals surface area contributed by atoms with E-state index in [1.54, 1.807) is 30.3 Å². The van der Waals surface area contributed by atoms with E-state index in [9.17, 15) is 10.1 Å². The van der Waals surface area contributed by atoms with Crippen molar-refractivity contribution >= 4 is 43.4 Å². The Labute approximate surface area is 136 Å². The van der Waals surface area contributed by atoms with Gasteiger partial charge in [-0.1, -0.05) is 12.1 Å². The number of ether oxygens (including phenoxy) is 1. The van der Waals surface area contributed by atoms with Crippen LogP contribution in [0.1, 0.15) is 5.56 Å². The third-order valence-corrected chi connectivity index (χ3v) is 3.88. The number of nitro groups is 1. The molecule has 2 rings (SSSR count). The van der Waals surface area contributed by atoms with Crippen LogP contribution in [0.25, 0.3) is 0 Å². The molecule has 0 amide bonds. The minimum absolute atomic E-state index is 0.0584. The number of benzene rings is 2. The van der Waals surface area contributed by atoms with Gasteiger partial charge < -0.3 is 10.5 Å². The van der Waals surface area contributed by atoms with Gasteiger partial charge in [0, 0.05) is 10.5 Å². The lowest BCUT2D eigenvalue weighted by Gasteiger charge is -2.12. The monoisotopic (exact) mass is 413 g/mol. The first-order valence-corrected chi connectivity index (χ1v) is 7.24. The van der Waals surface area contributed by atoms with Crippen LogP contribution in [0.5, 0.6) is 11.5 Å². The first-order chi connectivity index (χ1) is 9.91. The van der Waals surface area contributed by atoms with Crippen LogP contribution in [0.4, 0.5) is 5.69 Å². The summed E-state index contributed by atoms with van der Waals surface area (Å²) in [6.45, 7) is 0. The average molecular weight is 415 g/mol. The van der Waals surface area contributed by atoms with Crippen molar-refractivity contribution < 1.29 is 9.66 Å². The number of halogens is 2. The van der Waals surface area contributed by atoms with E-state index < -0.39 is 4.92 Å². The summed E-state index contributed by atoms with van der Waals surface area (Å²) >= 11 is 6.51. The zero-order valence-corrected chi connectivity index (χ0v) is 13.6. The molecule has 3 N–H and O–H groups in total. The van der Waals surface area contributed by atoms with Gasteiger partial charge in [-0.15, -0.1) is 0 Å². The number of amidine groups is 1. The topological polar surface area (TPSA) is 102 Å². The zero-order valence-electron chi connectivity index (χ0n) is 10.5. The Kier molecular flexibility index (Phi) is 4.59. The van der Waals surface area contributed by atoms with Gasteiger partial charge in [-0.05, 0) is 50.1 Å². The maximum Gasteiger partial charge on any atom is 0.312 e. The summed E-state index contributed by atoms with van der Waals surface area (Å²) in [7, 11) is 0. The Morgan fingerprint density at radius 2 is 1.81 bits per heavy atom. The molecule has 8 heteroatoms. The molecule has 0 aliphatic carbocycles. The van der Waals surface area contributed by atoms with Crippen LogP contribution in [0.3, 0.4) is 0 Å². The van der Waals surface area contributed by atoms with Gasteiger partial charge in [0.1, 0.15) is 11.6 Å². The maximum absolute atomic E-state index is 11.1. The van der Waals surface area contributed by atoms with Crippen molar-refractivity contribution in [2.45, 2.75) is 0 Å². The molecule has 108 valence electrons. The second-order valence-electron chi connectivity index (χ2n) is 3.97. The summed E-state index contributed by atoms with van der Waals surface area (Å²) in [4.78, 5) is 10.5. The molecule has 0 spiro atoms. The number of nitrogen functional groups attached to an aromatic ring is 1. The van der Waals surface area contributed by atoms with E-state index in [1.807, 2.05) is 0 Å². The van der Waals surface area contributed by atoms with Gasteiger partial charge in [-0.3, -0.25) is 15.5 Å². The summed E-state index contributed by atoms with van der Waals surface area (Å²) in [5.74, 6) is 0.113. The highest BCUT2D eigenvalue weighted by atomic mass is 79.9. The molecule has 2 aromatic rings. The fraction of sp³-hybridized carbons (Fsp3) is 0. The Morgan fingerprint density at radius 3 is 2.43 bits per heavy atom. The van der Waals surface area contributed by atoms with Crippen molar-refractivity contribution in [1.82, 2.24) is 0 Å². The Bertz CT molecular complexity index is 735. The predicted octanol–water partition coefficient (Wildman–Crippen LogP) is 4.20. The van der Waals surface area contributed by atoms with Crippen LogP contribution in [0.2, 0.25) is 0 Å². The van der Waals surface area contributed by atoms with Gasteiger partial charge in [-0.2, -0.15) is 0 Å². The van der Waals surface area contributed by atoms with E-state index in [-0.39, 0.29) is 23.0 Å². The molecule has 0 heterocycles. The largest absolute Gasteiger partial charge is 0.448 e. The van der Waals surface area contributed by atoms with Gasteiger partial charge in [0.15, 0.2) is 0 Å². The lowest BCUT2D eigenvalue weighted by Crippen LogP contribution is -2.13. The molecule has 0 fully saturated rings. The molecule has 2 aromatic carbocycles. The second-order valence-corrected chi connectivity index (χ2v) is 5.68. The smallest absolute Gasteiger partial charge is 0.312 e. The van der Waals surface area contributed by atoms with Gasteiger partial charge in [0.25, 0.3) is 0 Å². The normalized spacial score (nSPS) is 10.2. The van der Waals surface area contributed by atoms with E-state index in [0.29, 0.717) is 14.5 Å². The zero-order chi connectivity index (χ0) is 15.6. The second kappa shape index (κ2) is 6.23. The number of nitrogens with one attached hydrogen (secondary N) is 1. The summed E-state index contributed by atoms with van der Waals surface area (Å²) in [6, 6.07) is 9.50. The molecular formula is C13H9Br2N3O3. The molecule has 0 saturated carbocycles. The molecule has 0 unspecified atom stereocenters. The van der Waals surface area contributed by atoms with Crippen LogP contribution in [-0.4, -0.2) is 10.8 Å². The van der Waals surface area contributed by atoms with E-state index in [2.05, 4.69) is 31.9 Å². The Balaban J connectivity index is 2.56. The molecule has 0 aromatic heterocycles. The fourth-order valence-corrected chi connectivity index (χ4v) is 2.70. The molecule has 0 radical (unpaired) electrons. The molecular weight excluding hydrogens is 406 g/mol. The van der Waals surface area contributed by atoms with Crippen molar-refractivity contribution in [1.29, 1.82) is 5.41 Å². The van der Waals surface area contributed by atoms with E-state index in [1.165, 1.54) is 6.07 Å². The van der Waals surface area contributed by atoms with Gasteiger partial charge in [0.05, 0.1) is 15.0 Å². The van der Waals surface area contributed by atoms with Crippen LogP contribution >= 0.6 is 31.9 Å². The minimum atomic E-state index is -0.536. The first kappa shape index (κ1) is 15.5. The summed E-state index contributed by atoms with van der Waals surface area (Å²) < 4.78 is 6.64. The highest BCUT2D eigenvalue weighted by molar-refractivity contribution is 9.10. The van der Waals surface area contributed by atoms with Gasteiger partial charge in [-0.25, -0.2) is 0 Å². The third-order valence-electron chi connectivity index (χ3n) is 2.60. The Hall–Kier alpha value is -1.93. The van der Waals surface area contributed by atoms with E-state index in [0.717, 1.165) is 0 Å². The number of nitro benzene ring substituents is 1. The van der Waals surface area contributed by atoms with Crippen LogP contribution in [0, 0.1) is 15.5 Å². The minimum Gasteiger partial charge on any atom is -0.448 e. The van der Waals surface area contributed by atoms with Gasteiger partial charge in [0.2, 0.25) is 5.75 Å². The molecule has 21 heavy (non-hydrogen) atoms. The van der Waals surface area contributed by atoms with Crippen molar-refractivity contribution in [3.63, 3.8) is 0 Å². The molecule has 0 saturated heterocycles. The maximum atomic E-state index is 11.1. The highest BCUT2D eigenvalue weighted by Gasteiger charge is 2.21. The fourth-order valence-electron chi connectivity index (χ4n) is 1.70. The summed E-state index contributed by atoms with van der Waals surface area (Å²) in [5.41, 5.74) is 5.69. The van der Waals surface area contributed by atoms with Crippen LogP contribution in [0.15, 0.2) is 45.3 Å². The van der Waals surface area contributed by atoms with Gasteiger partial charge >= 0.3 is 5.69 Å². The number of hydrogen-bond acceptors (Lipinski definition) is 4. The van der Waals surface area contributed by atoms with Crippen molar-refractivity contribution in [3.8, 4) is 11.5 Å². The highest BCUT2D eigenvalue weighted by Crippen LogP contribution is 2.39. The Morgan fingerprint density at radius 1 is 1.19 bits per heavy atom. The molecule has 0 atom stereocenters. The lowest BCUT2D eigenvalue weighted by atomic mass is 10.2. The third kappa shape index (κ3) is 3.22. The predicted molar refractivity (Wildman–Crippen MR) is 86.0 cm³/mol. The molecule has 6 nitrogen and oxygen atoms in total. The molecule has 0 aliphatic rings. The van der Waals surface area contributed by atoms with Crippen molar-refractivity contribution in [2.75, 3.05) is 0 Å². The van der Waals surface area contributed by atoms with E-state index in [4.69, 9.17) is 15.9 Å². The number of nitrogens with zero attached hydrogens (tertiary/aromatic N) is 1. The van der Waals surface area contributed by atoms with Crippen molar-refractivity contribution in [2.24, 2.45) is 5.73 Å². The number of para-hydroxylation sites is 1. The SMILES string of the molecule is N=C(N)c1c(Br)cccc1Oc1c(Br)cccc1[N+](=O)[O-]. The standard InChI is InChI=1S/C13H9Br2N3O3/c14-7-3-2-6-10(11(7)13(16)17)21-12-8(15)4-1-5-9(12)18(19)20/h1-6H,(H3,16,17). The molecule has 0 bridgehead atoms. The van der Waals surface area contributed by atoms with Crippen LogP contribution < -0.4 is 10.5 Å². The number of rotatable bonds is 4. The number of hydrogen-bond donors (Lipinski definition) is 2.